The molecule has 0 saturated carbocycles. The van der Waals surface area contributed by atoms with Gasteiger partial charge in [0.25, 0.3) is 0 Å². The number of benzene rings is 1. The number of aliphatic hydroxyl groups is 1. The number of aliphatic imine (C=N–C) groups is 1. The van der Waals surface area contributed by atoms with Crippen LogP contribution < -0.4 is 0 Å². The molecule has 4 nitrogen and oxygen atoms in total. The van der Waals surface area contributed by atoms with Crippen LogP contribution in [0.4, 0.5) is 0 Å². The van der Waals surface area contributed by atoms with Gasteiger partial charge in [0.05, 0.1) is 6.61 Å². The summed E-state index contributed by atoms with van der Waals surface area (Å²) in [4.78, 5) is 4.38. The molecule has 0 amide bonds. The zero-order valence-electron chi connectivity index (χ0n) is 15.8. The Bertz CT molecular complexity index is 586. The van der Waals surface area contributed by atoms with E-state index in [0.29, 0.717) is 18.8 Å². The first-order valence-corrected chi connectivity index (χ1v) is 8.69. The van der Waals surface area contributed by atoms with Crippen LogP contribution in [-0.4, -0.2) is 35.4 Å². The quantitative estimate of drug-likeness (QED) is 0.883. The van der Waals surface area contributed by atoms with Gasteiger partial charge in [0, 0.05) is 6.42 Å². The van der Waals surface area contributed by atoms with E-state index in [4.69, 9.17) is 9.84 Å². The van der Waals surface area contributed by atoms with Gasteiger partial charge in [-0.25, -0.2) is 4.99 Å². The van der Waals surface area contributed by atoms with E-state index in [2.05, 4.69) is 58.7 Å². The maximum Gasteiger partial charge on any atom is 0.184 e. The first kappa shape index (κ1) is 18.8. The summed E-state index contributed by atoms with van der Waals surface area (Å²) in [5, 5.41) is 19.9. The van der Waals surface area contributed by atoms with Crippen LogP contribution in [-0.2, 0) is 22.0 Å². The maximum atomic E-state index is 10.8. The molecule has 0 aromatic heterocycles. The van der Waals surface area contributed by atoms with Crippen LogP contribution in [0.5, 0.6) is 5.75 Å². The van der Waals surface area contributed by atoms with Crippen LogP contribution in [0, 0.1) is 0 Å². The minimum Gasteiger partial charge on any atom is -0.507 e. The maximum absolute atomic E-state index is 10.8. The summed E-state index contributed by atoms with van der Waals surface area (Å²) < 4.78 is 5.54. The van der Waals surface area contributed by atoms with Crippen molar-refractivity contribution in [3.05, 3.63) is 28.8 Å². The molecule has 0 aliphatic carbocycles. The van der Waals surface area contributed by atoms with E-state index in [-0.39, 0.29) is 23.5 Å². The second kappa shape index (κ2) is 6.75. The highest BCUT2D eigenvalue weighted by Gasteiger charge is 2.26. The van der Waals surface area contributed by atoms with Gasteiger partial charge in [0.1, 0.15) is 18.4 Å². The number of phenols is 1. The fourth-order valence-electron chi connectivity index (χ4n) is 2.93. The summed E-state index contributed by atoms with van der Waals surface area (Å²) in [6.45, 7) is 13.2. The smallest absolute Gasteiger partial charge is 0.184 e. The molecule has 1 unspecified atom stereocenters. The highest BCUT2D eigenvalue weighted by Crippen LogP contribution is 2.40. The lowest BCUT2D eigenvalue weighted by Crippen LogP contribution is -2.18. The van der Waals surface area contributed by atoms with Crippen molar-refractivity contribution in [2.45, 2.75) is 71.3 Å². The number of aliphatic hydroxyl groups excluding tert-OH is 1. The first-order chi connectivity index (χ1) is 11.0. The number of hydrogen-bond acceptors (Lipinski definition) is 4. The average Bonchev–Trinajstić information content (AvgIpc) is 2.91. The number of rotatable bonds is 4. The molecule has 1 heterocycles. The van der Waals surface area contributed by atoms with E-state index in [1.165, 1.54) is 5.56 Å². The Morgan fingerprint density at radius 1 is 1.04 bits per heavy atom. The first-order valence-electron chi connectivity index (χ1n) is 8.69. The third-order valence-electron chi connectivity index (χ3n) is 4.39. The molecular formula is C20H31NO3. The van der Waals surface area contributed by atoms with Crippen molar-refractivity contribution in [2.75, 3.05) is 13.2 Å². The Morgan fingerprint density at radius 3 is 2.00 bits per heavy atom. The molecule has 0 saturated heterocycles. The molecule has 0 bridgehead atoms. The summed E-state index contributed by atoms with van der Waals surface area (Å²) in [5.74, 6) is 1.13. The minimum atomic E-state index is -0.122. The molecule has 2 rings (SSSR count). The third kappa shape index (κ3) is 4.29. The van der Waals surface area contributed by atoms with Gasteiger partial charge in [-0.05, 0) is 33.9 Å². The lowest BCUT2D eigenvalue weighted by molar-refractivity contribution is 0.226. The average molecular weight is 333 g/mol. The lowest BCUT2D eigenvalue weighted by Gasteiger charge is -2.28. The number of phenolic OH excluding ortho intramolecular Hbond substituents is 1. The molecule has 0 fully saturated rings. The molecule has 1 aromatic carbocycles. The van der Waals surface area contributed by atoms with Crippen LogP contribution in [0.2, 0.25) is 0 Å². The van der Waals surface area contributed by atoms with Gasteiger partial charge in [0.15, 0.2) is 5.90 Å². The number of aromatic hydroxyl groups is 1. The van der Waals surface area contributed by atoms with Crippen molar-refractivity contribution in [3.63, 3.8) is 0 Å². The second-order valence-electron chi connectivity index (χ2n) is 8.71. The summed E-state index contributed by atoms with van der Waals surface area (Å²) in [6, 6.07) is 4.09. The molecule has 134 valence electrons. The monoisotopic (exact) mass is 333 g/mol. The Morgan fingerprint density at radius 2 is 1.58 bits per heavy atom. The standard InChI is InChI=1S/C20H31NO3/c1-19(2,3)15-9-13(10-16(18(15)23)20(4,5)6)7-8-17-21-14(11-22)12-24-17/h9-10,14,22-23H,7-8,11-12H2,1-6H3. The van der Waals surface area contributed by atoms with Gasteiger partial charge < -0.3 is 14.9 Å². The topological polar surface area (TPSA) is 62.1 Å². The summed E-state index contributed by atoms with van der Waals surface area (Å²) in [6.07, 6.45) is 1.53. The number of nitrogens with zero attached hydrogens (tertiary/aromatic N) is 1. The van der Waals surface area contributed by atoms with Crippen molar-refractivity contribution in [2.24, 2.45) is 4.99 Å². The molecule has 1 aliphatic rings. The van der Waals surface area contributed by atoms with Crippen LogP contribution in [0.25, 0.3) is 0 Å². The number of hydrogen-bond donors (Lipinski definition) is 2. The van der Waals surface area contributed by atoms with Gasteiger partial charge in [-0.2, -0.15) is 0 Å². The van der Waals surface area contributed by atoms with E-state index >= 15 is 0 Å². The normalized spacial score (nSPS) is 18.5. The predicted molar refractivity (Wildman–Crippen MR) is 98.1 cm³/mol. The SMILES string of the molecule is CC(C)(C)c1cc(CCC2=NC(CO)CO2)cc(C(C)(C)C)c1O. The largest absolute Gasteiger partial charge is 0.507 e. The lowest BCUT2D eigenvalue weighted by atomic mass is 9.78. The van der Waals surface area contributed by atoms with Crippen molar-refractivity contribution in [1.29, 1.82) is 0 Å². The zero-order valence-corrected chi connectivity index (χ0v) is 15.8. The van der Waals surface area contributed by atoms with Crippen molar-refractivity contribution >= 4 is 5.90 Å². The van der Waals surface area contributed by atoms with E-state index in [1.54, 1.807) is 0 Å². The van der Waals surface area contributed by atoms with Gasteiger partial charge in [-0.3, -0.25) is 0 Å². The summed E-state index contributed by atoms with van der Waals surface area (Å²) in [7, 11) is 0. The molecule has 4 heteroatoms. The summed E-state index contributed by atoms with van der Waals surface area (Å²) >= 11 is 0. The zero-order chi connectivity index (χ0) is 18.1. The summed E-state index contributed by atoms with van der Waals surface area (Å²) in [5.41, 5.74) is 2.90. The van der Waals surface area contributed by atoms with Crippen LogP contribution in [0.3, 0.4) is 0 Å². The van der Waals surface area contributed by atoms with Gasteiger partial charge >= 0.3 is 0 Å². The van der Waals surface area contributed by atoms with Crippen LogP contribution in [0.15, 0.2) is 17.1 Å². The van der Waals surface area contributed by atoms with Gasteiger partial charge in [-0.15, -0.1) is 0 Å². The predicted octanol–water partition coefficient (Wildman–Crippen LogP) is 3.71. The third-order valence-corrected chi connectivity index (χ3v) is 4.39. The molecule has 0 radical (unpaired) electrons. The molecule has 24 heavy (non-hydrogen) atoms. The van der Waals surface area contributed by atoms with E-state index in [1.807, 2.05) is 0 Å². The Hall–Kier alpha value is -1.55. The Kier molecular flexibility index (Phi) is 5.28. The Labute approximate surface area is 145 Å². The van der Waals surface area contributed by atoms with Crippen molar-refractivity contribution in [3.8, 4) is 5.75 Å². The van der Waals surface area contributed by atoms with E-state index in [9.17, 15) is 5.11 Å². The minimum absolute atomic E-state index is 0.0328. The molecule has 2 N–H and O–H groups in total. The Balaban J connectivity index is 2.30. The molecule has 1 aromatic rings. The molecule has 1 atom stereocenters. The fourth-order valence-corrected chi connectivity index (χ4v) is 2.93. The molecule has 0 spiro atoms. The van der Waals surface area contributed by atoms with E-state index in [0.717, 1.165) is 23.4 Å². The molecule has 1 aliphatic heterocycles. The van der Waals surface area contributed by atoms with Gasteiger partial charge in [0.2, 0.25) is 0 Å². The molecular weight excluding hydrogens is 302 g/mol. The van der Waals surface area contributed by atoms with Crippen molar-refractivity contribution < 1.29 is 14.9 Å². The van der Waals surface area contributed by atoms with Crippen LogP contribution in [0.1, 0.15) is 64.7 Å². The fraction of sp³-hybridized carbons (Fsp3) is 0.650. The number of aryl methyl sites for hydroxylation is 1. The number of ether oxygens (including phenoxy) is 1. The highest BCUT2D eigenvalue weighted by molar-refractivity contribution is 5.78. The van der Waals surface area contributed by atoms with Gasteiger partial charge in [-0.1, -0.05) is 53.7 Å². The second-order valence-corrected chi connectivity index (χ2v) is 8.71. The highest BCUT2D eigenvalue weighted by atomic mass is 16.5. The van der Waals surface area contributed by atoms with Crippen molar-refractivity contribution in [1.82, 2.24) is 0 Å². The van der Waals surface area contributed by atoms with Crippen LogP contribution >= 0.6 is 0 Å². The van der Waals surface area contributed by atoms with E-state index < -0.39 is 0 Å².